The van der Waals surface area contributed by atoms with Crippen LogP contribution in [0.2, 0.25) is 0 Å². The molecule has 1 aromatic rings. The quantitative estimate of drug-likeness (QED) is 0.177. The summed E-state index contributed by atoms with van der Waals surface area (Å²) in [6, 6.07) is 10.7. The zero-order valence-corrected chi connectivity index (χ0v) is 20.0. The van der Waals surface area contributed by atoms with Crippen LogP contribution >= 0.6 is 35.7 Å². The minimum atomic E-state index is 0. The molecule has 28 heavy (non-hydrogen) atoms. The first-order valence-electron chi connectivity index (χ1n) is 10.2. The van der Waals surface area contributed by atoms with Gasteiger partial charge < -0.3 is 19.7 Å². The van der Waals surface area contributed by atoms with Crippen LogP contribution in [0, 0.1) is 5.92 Å². The number of hydrogen-bond donors (Lipinski definition) is 1. The molecule has 2 saturated heterocycles. The maximum absolute atomic E-state index is 5.73. The van der Waals surface area contributed by atoms with Gasteiger partial charge in [-0.2, -0.15) is 0 Å². The molecule has 2 aliphatic heterocycles. The highest BCUT2D eigenvalue weighted by Gasteiger charge is 2.24. The van der Waals surface area contributed by atoms with Crippen LogP contribution in [0.15, 0.2) is 40.2 Å². The van der Waals surface area contributed by atoms with Crippen LogP contribution in [0.3, 0.4) is 0 Å². The van der Waals surface area contributed by atoms with Crippen molar-refractivity contribution in [2.45, 2.75) is 36.7 Å². The Morgan fingerprint density at radius 3 is 2.93 bits per heavy atom. The second-order valence-corrected chi connectivity index (χ2v) is 8.36. The third-order valence-corrected chi connectivity index (χ3v) is 6.35. The van der Waals surface area contributed by atoms with Crippen LogP contribution in [0.25, 0.3) is 0 Å². The third-order valence-electron chi connectivity index (χ3n) is 5.10. The second kappa shape index (κ2) is 13.7. The minimum absolute atomic E-state index is 0. The van der Waals surface area contributed by atoms with Gasteiger partial charge in [0, 0.05) is 50.5 Å². The second-order valence-electron chi connectivity index (χ2n) is 7.26. The average molecular weight is 519 g/mol. The normalized spacial score (nSPS) is 22.3. The molecule has 0 saturated carbocycles. The smallest absolute Gasteiger partial charge is 0.193 e. The van der Waals surface area contributed by atoms with E-state index in [9.17, 15) is 0 Å². The molecular formula is C21H34IN3O2S. The van der Waals surface area contributed by atoms with Crippen molar-refractivity contribution in [3.8, 4) is 0 Å². The van der Waals surface area contributed by atoms with Gasteiger partial charge in [-0.3, -0.25) is 4.99 Å². The fraction of sp³-hybridized carbons (Fsp3) is 0.667. The number of guanidine groups is 1. The zero-order valence-electron chi connectivity index (χ0n) is 16.8. The Balaban J connectivity index is 0.00000280. The number of rotatable bonds is 9. The number of benzene rings is 1. The summed E-state index contributed by atoms with van der Waals surface area (Å²) in [4.78, 5) is 8.22. The van der Waals surface area contributed by atoms with Gasteiger partial charge in [-0.15, -0.1) is 35.7 Å². The van der Waals surface area contributed by atoms with Gasteiger partial charge in [0.25, 0.3) is 0 Å². The number of thioether (sulfide) groups is 1. The first-order chi connectivity index (χ1) is 13.3. The molecule has 2 atom stereocenters. The van der Waals surface area contributed by atoms with Crippen LogP contribution in [0.5, 0.6) is 0 Å². The molecule has 3 rings (SSSR count). The number of nitrogens with one attached hydrogen (secondary N) is 1. The molecular weight excluding hydrogens is 485 g/mol. The lowest BCUT2D eigenvalue weighted by molar-refractivity contribution is 0.0168. The van der Waals surface area contributed by atoms with E-state index in [4.69, 9.17) is 9.47 Å². The topological polar surface area (TPSA) is 46.1 Å². The van der Waals surface area contributed by atoms with E-state index in [1.807, 2.05) is 18.8 Å². The molecule has 0 aromatic heterocycles. The van der Waals surface area contributed by atoms with Gasteiger partial charge in [0.15, 0.2) is 5.96 Å². The van der Waals surface area contributed by atoms with E-state index in [0.29, 0.717) is 6.10 Å². The molecule has 2 heterocycles. The Kier molecular flexibility index (Phi) is 11.6. The maximum Gasteiger partial charge on any atom is 0.193 e. The van der Waals surface area contributed by atoms with Crippen molar-refractivity contribution in [2.24, 2.45) is 10.9 Å². The first-order valence-corrected chi connectivity index (χ1v) is 11.2. The van der Waals surface area contributed by atoms with Gasteiger partial charge in [-0.25, -0.2) is 0 Å². The van der Waals surface area contributed by atoms with Crippen LogP contribution in [-0.2, 0) is 9.47 Å². The summed E-state index contributed by atoms with van der Waals surface area (Å²) < 4.78 is 11.3. The van der Waals surface area contributed by atoms with E-state index in [1.54, 1.807) is 0 Å². The average Bonchev–Trinajstić information content (AvgIpc) is 3.39. The van der Waals surface area contributed by atoms with Crippen LogP contribution in [-0.4, -0.2) is 69.2 Å². The van der Waals surface area contributed by atoms with Crippen molar-refractivity contribution >= 4 is 41.7 Å². The summed E-state index contributed by atoms with van der Waals surface area (Å²) in [6.07, 6.45) is 4.87. The predicted octanol–water partition coefficient (Wildman–Crippen LogP) is 3.88. The van der Waals surface area contributed by atoms with Gasteiger partial charge in [0.05, 0.1) is 12.7 Å². The standard InChI is InChI=1S/C21H33N3O2S.HI/c1-22-21(23-11-6-13-25-16-19-7-5-14-26-19)24-12-10-18(15-24)17-27-20-8-3-2-4-9-20;/h2-4,8-9,18-19H,5-7,10-17H2,1H3,(H,22,23);1H. The number of hydrogen-bond acceptors (Lipinski definition) is 4. The van der Waals surface area contributed by atoms with Crippen LogP contribution < -0.4 is 5.32 Å². The van der Waals surface area contributed by atoms with Crippen molar-refractivity contribution in [1.29, 1.82) is 0 Å². The molecule has 2 aliphatic rings. The molecule has 0 radical (unpaired) electrons. The van der Waals surface area contributed by atoms with Crippen LogP contribution in [0.1, 0.15) is 25.7 Å². The molecule has 0 bridgehead atoms. The van der Waals surface area contributed by atoms with Crippen molar-refractivity contribution in [1.82, 2.24) is 10.2 Å². The predicted molar refractivity (Wildman–Crippen MR) is 128 cm³/mol. The number of likely N-dealkylation sites (tertiary alicyclic amines) is 1. The molecule has 0 amide bonds. The Hall–Kier alpha value is -0.510. The lowest BCUT2D eigenvalue weighted by atomic mass is 10.2. The highest BCUT2D eigenvalue weighted by Crippen LogP contribution is 2.25. The summed E-state index contributed by atoms with van der Waals surface area (Å²) in [6.45, 7) is 5.50. The van der Waals surface area contributed by atoms with Crippen molar-refractivity contribution in [3.63, 3.8) is 0 Å². The molecule has 0 spiro atoms. The van der Waals surface area contributed by atoms with E-state index in [2.05, 4.69) is 45.5 Å². The fourth-order valence-electron chi connectivity index (χ4n) is 3.59. The molecule has 158 valence electrons. The van der Waals surface area contributed by atoms with Gasteiger partial charge in [-0.05, 0) is 43.7 Å². The fourth-order valence-corrected chi connectivity index (χ4v) is 4.64. The summed E-state index contributed by atoms with van der Waals surface area (Å²) in [5.74, 6) is 2.93. The Morgan fingerprint density at radius 1 is 1.32 bits per heavy atom. The number of ether oxygens (including phenoxy) is 2. The monoisotopic (exact) mass is 519 g/mol. The molecule has 0 aliphatic carbocycles. The molecule has 7 heteroatoms. The van der Waals surface area contributed by atoms with Crippen LogP contribution in [0.4, 0.5) is 0 Å². The Morgan fingerprint density at radius 2 is 2.18 bits per heavy atom. The van der Waals surface area contributed by atoms with Gasteiger partial charge in [0.1, 0.15) is 0 Å². The van der Waals surface area contributed by atoms with E-state index in [1.165, 1.54) is 23.5 Å². The summed E-state index contributed by atoms with van der Waals surface area (Å²) in [5, 5.41) is 3.49. The molecule has 5 nitrogen and oxygen atoms in total. The van der Waals surface area contributed by atoms with E-state index in [0.717, 1.165) is 64.2 Å². The molecule has 2 fully saturated rings. The van der Waals surface area contributed by atoms with Crippen molar-refractivity contribution in [2.75, 3.05) is 52.3 Å². The van der Waals surface area contributed by atoms with E-state index >= 15 is 0 Å². The highest BCUT2D eigenvalue weighted by molar-refractivity contribution is 14.0. The molecule has 2 unspecified atom stereocenters. The Labute approximate surface area is 191 Å². The van der Waals surface area contributed by atoms with E-state index in [-0.39, 0.29) is 24.0 Å². The lowest BCUT2D eigenvalue weighted by Gasteiger charge is -2.21. The number of nitrogens with zero attached hydrogens (tertiary/aromatic N) is 2. The Bertz CT molecular complexity index is 570. The minimum Gasteiger partial charge on any atom is -0.379 e. The highest BCUT2D eigenvalue weighted by atomic mass is 127. The summed E-state index contributed by atoms with van der Waals surface area (Å²) in [7, 11) is 1.88. The van der Waals surface area contributed by atoms with Gasteiger partial charge >= 0.3 is 0 Å². The van der Waals surface area contributed by atoms with E-state index < -0.39 is 0 Å². The summed E-state index contributed by atoms with van der Waals surface area (Å²) in [5.41, 5.74) is 0. The maximum atomic E-state index is 5.73. The molecule has 1 N–H and O–H groups in total. The van der Waals surface area contributed by atoms with Gasteiger partial charge in [0.2, 0.25) is 0 Å². The number of aliphatic imine (C=N–C) groups is 1. The first kappa shape index (κ1) is 23.8. The largest absolute Gasteiger partial charge is 0.379 e. The lowest BCUT2D eigenvalue weighted by Crippen LogP contribution is -2.40. The zero-order chi connectivity index (χ0) is 18.7. The summed E-state index contributed by atoms with van der Waals surface area (Å²) >= 11 is 1.96. The number of halogens is 1. The third kappa shape index (κ3) is 8.08. The van der Waals surface area contributed by atoms with Gasteiger partial charge in [-0.1, -0.05) is 18.2 Å². The SMILES string of the molecule is CN=C(NCCCOCC1CCCO1)N1CCC(CSc2ccccc2)C1.I. The van der Waals surface area contributed by atoms with Crippen molar-refractivity contribution < 1.29 is 9.47 Å². The van der Waals surface area contributed by atoms with Crippen molar-refractivity contribution in [3.05, 3.63) is 30.3 Å². The molecule has 1 aromatic carbocycles.